The number of aromatic nitrogens is 1. The van der Waals surface area contributed by atoms with E-state index in [0.29, 0.717) is 42.4 Å². The number of carbonyl (C=O) groups is 2. The standard InChI is InChI=1S/C20H29N3O3/c1-12(2)9-15(10-18(21)24)22-19(25)17-8-7-16(14-5-6-14)20(23-17)26-11-13-3-4-13/h7-8,12-15H,3-6,9-11H2,1-2H3,(H2,21,24)(H,22,25)/t15-/m1/s1. The molecule has 0 radical (unpaired) electrons. The molecule has 2 fully saturated rings. The summed E-state index contributed by atoms with van der Waals surface area (Å²) >= 11 is 0. The van der Waals surface area contributed by atoms with Crippen LogP contribution >= 0.6 is 0 Å². The molecule has 2 saturated carbocycles. The summed E-state index contributed by atoms with van der Waals surface area (Å²) in [6.45, 7) is 4.77. The molecule has 2 aliphatic rings. The zero-order valence-electron chi connectivity index (χ0n) is 15.7. The number of pyridine rings is 1. The van der Waals surface area contributed by atoms with E-state index in [1.54, 1.807) is 6.07 Å². The number of carbonyl (C=O) groups excluding carboxylic acids is 2. The number of nitrogens with zero attached hydrogens (tertiary/aromatic N) is 1. The molecule has 1 atom stereocenters. The van der Waals surface area contributed by atoms with Gasteiger partial charge in [-0.25, -0.2) is 4.98 Å². The molecule has 1 aromatic heterocycles. The van der Waals surface area contributed by atoms with E-state index in [2.05, 4.69) is 10.3 Å². The fraction of sp³-hybridized carbons (Fsp3) is 0.650. The average molecular weight is 359 g/mol. The quantitative estimate of drug-likeness (QED) is 0.671. The van der Waals surface area contributed by atoms with E-state index < -0.39 is 5.91 Å². The van der Waals surface area contributed by atoms with Crippen LogP contribution in [-0.2, 0) is 4.79 Å². The number of ether oxygens (including phenoxy) is 1. The van der Waals surface area contributed by atoms with Crippen molar-refractivity contribution in [3.05, 3.63) is 23.4 Å². The van der Waals surface area contributed by atoms with Crippen LogP contribution in [-0.4, -0.2) is 29.4 Å². The number of primary amides is 1. The fourth-order valence-corrected chi connectivity index (χ4v) is 3.14. The first-order valence-electron chi connectivity index (χ1n) is 9.65. The maximum absolute atomic E-state index is 12.6. The number of hydrogen-bond donors (Lipinski definition) is 2. The van der Waals surface area contributed by atoms with Gasteiger partial charge in [-0.3, -0.25) is 9.59 Å². The minimum atomic E-state index is -0.415. The zero-order chi connectivity index (χ0) is 18.7. The van der Waals surface area contributed by atoms with E-state index in [9.17, 15) is 9.59 Å². The summed E-state index contributed by atoms with van der Waals surface area (Å²) in [7, 11) is 0. The van der Waals surface area contributed by atoms with Crippen LogP contribution in [0.2, 0.25) is 0 Å². The highest BCUT2D eigenvalue weighted by Gasteiger charge is 2.30. The molecule has 26 heavy (non-hydrogen) atoms. The molecule has 0 spiro atoms. The van der Waals surface area contributed by atoms with Crippen molar-refractivity contribution in [2.45, 2.75) is 64.3 Å². The summed E-state index contributed by atoms with van der Waals surface area (Å²) in [6, 6.07) is 3.44. The second-order valence-electron chi connectivity index (χ2n) is 8.09. The van der Waals surface area contributed by atoms with Gasteiger partial charge in [0.25, 0.3) is 5.91 Å². The molecule has 142 valence electrons. The van der Waals surface area contributed by atoms with Crippen LogP contribution in [0.25, 0.3) is 0 Å². The normalized spacial score (nSPS) is 17.8. The third-order valence-electron chi connectivity index (χ3n) is 4.83. The van der Waals surface area contributed by atoms with Crippen molar-refractivity contribution >= 4 is 11.8 Å². The van der Waals surface area contributed by atoms with Crippen molar-refractivity contribution in [2.75, 3.05) is 6.61 Å². The topological polar surface area (TPSA) is 94.3 Å². The Balaban J connectivity index is 1.70. The minimum absolute atomic E-state index is 0.134. The molecule has 0 unspecified atom stereocenters. The van der Waals surface area contributed by atoms with Crippen molar-refractivity contribution in [3.63, 3.8) is 0 Å². The Hall–Kier alpha value is -2.11. The van der Waals surface area contributed by atoms with Crippen LogP contribution in [0.3, 0.4) is 0 Å². The predicted molar refractivity (Wildman–Crippen MR) is 99.0 cm³/mol. The second kappa shape index (κ2) is 8.06. The Bertz CT molecular complexity index is 666. The highest BCUT2D eigenvalue weighted by Crippen LogP contribution is 2.44. The number of rotatable bonds is 10. The Morgan fingerprint density at radius 2 is 2.00 bits per heavy atom. The monoisotopic (exact) mass is 359 g/mol. The first-order chi connectivity index (χ1) is 12.4. The zero-order valence-corrected chi connectivity index (χ0v) is 15.7. The summed E-state index contributed by atoms with van der Waals surface area (Å²) in [5.41, 5.74) is 6.76. The number of nitrogens with two attached hydrogens (primary N) is 1. The van der Waals surface area contributed by atoms with E-state index >= 15 is 0 Å². The highest BCUT2D eigenvalue weighted by molar-refractivity contribution is 5.93. The molecule has 1 aromatic rings. The van der Waals surface area contributed by atoms with Crippen molar-refractivity contribution in [2.24, 2.45) is 17.6 Å². The molecule has 3 N–H and O–H groups in total. The van der Waals surface area contributed by atoms with Gasteiger partial charge in [0.05, 0.1) is 6.61 Å². The Labute approximate surface area is 154 Å². The van der Waals surface area contributed by atoms with Crippen LogP contribution in [0.15, 0.2) is 12.1 Å². The molecule has 0 aromatic carbocycles. The first-order valence-corrected chi connectivity index (χ1v) is 9.65. The summed E-state index contributed by atoms with van der Waals surface area (Å²) in [4.78, 5) is 28.4. The number of hydrogen-bond acceptors (Lipinski definition) is 4. The number of amides is 2. The van der Waals surface area contributed by atoms with E-state index in [-0.39, 0.29) is 18.4 Å². The van der Waals surface area contributed by atoms with Gasteiger partial charge in [-0.15, -0.1) is 0 Å². The third kappa shape index (κ3) is 5.44. The Kier molecular flexibility index (Phi) is 5.79. The Morgan fingerprint density at radius 3 is 2.58 bits per heavy atom. The molecule has 3 rings (SSSR count). The largest absolute Gasteiger partial charge is 0.477 e. The lowest BCUT2D eigenvalue weighted by Crippen LogP contribution is -2.39. The van der Waals surface area contributed by atoms with Gasteiger partial charge >= 0.3 is 0 Å². The Morgan fingerprint density at radius 1 is 1.27 bits per heavy atom. The molecular formula is C20H29N3O3. The van der Waals surface area contributed by atoms with Gasteiger partial charge in [-0.05, 0) is 55.9 Å². The lowest BCUT2D eigenvalue weighted by atomic mass is 10.0. The second-order valence-corrected chi connectivity index (χ2v) is 8.09. The van der Waals surface area contributed by atoms with Gasteiger partial charge in [0, 0.05) is 18.0 Å². The van der Waals surface area contributed by atoms with E-state index in [0.717, 1.165) is 18.4 Å². The molecule has 0 saturated heterocycles. The molecule has 1 heterocycles. The SMILES string of the molecule is CC(C)C[C@H](CC(N)=O)NC(=O)c1ccc(C2CC2)c(OCC2CC2)n1. The average Bonchev–Trinajstić information content (AvgIpc) is 3.45. The summed E-state index contributed by atoms with van der Waals surface area (Å²) < 4.78 is 5.92. The summed E-state index contributed by atoms with van der Waals surface area (Å²) in [6.07, 6.45) is 5.56. The lowest BCUT2D eigenvalue weighted by molar-refractivity contribution is -0.118. The molecule has 0 bridgehead atoms. The minimum Gasteiger partial charge on any atom is -0.477 e. The van der Waals surface area contributed by atoms with Gasteiger partial charge in [0.1, 0.15) is 5.69 Å². The molecule has 2 aliphatic carbocycles. The molecule has 6 heteroatoms. The highest BCUT2D eigenvalue weighted by atomic mass is 16.5. The van der Waals surface area contributed by atoms with Crippen LogP contribution < -0.4 is 15.8 Å². The predicted octanol–water partition coefficient (Wildman–Crippen LogP) is 2.77. The fourth-order valence-electron chi connectivity index (χ4n) is 3.14. The van der Waals surface area contributed by atoms with Crippen LogP contribution in [0, 0.1) is 11.8 Å². The van der Waals surface area contributed by atoms with Crippen LogP contribution in [0.5, 0.6) is 5.88 Å². The van der Waals surface area contributed by atoms with Crippen LogP contribution in [0.4, 0.5) is 0 Å². The van der Waals surface area contributed by atoms with Gasteiger partial charge in [0.2, 0.25) is 11.8 Å². The maximum atomic E-state index is 12.6. The van der Waals surface area contributed by atoms with Crippen molar-refractivity contribution in [1.82, 2.24) is 10.3 Å². The molecular weight excluding hydrogens is 330 g/mol. The summed E-state index contributed by atoms with van der Waals surface area (Å²) in [5.74, 6) is 1.39. The van der Waals surface area contributed by atoms with Gasteiger partial charge in [-0.2, -0.15) is 0 Å². The van der Waals surface area contributed by atoms with Crippen molar-refractivity contribution < 1.29 is 14.3 Å². The van der Waals surface area contributed by atoms with E-state index in [4.69, 9.17) is 10.5 Å². The molecule has 6 nitrogen and oxygen atoms in total. The smallest absolute Gasteiger partial charge is 0.270 e. The van der Waals surface area contributed by atoms with Crippen molar-refractivity contribution in [1.29, 1.82) is 0 Å². The van der Waals surface area contributed by atoms with Gasteiger partial charge in [-0.1, -0.05) is 19.9 Å². The van der Waals surface area contributed by atoms with E-state index in [1.807, 2.05) is 19.9 Å². The number of nitrogens with one attached hydrogen (secondary N) is 1. The first kappa shape index (κ1) is 18.7. The van der Waals surface area contributed by atoms with Gasteiger partial charge < -0.3 is 15.8 Å². The molecule has 0 aliphatic heterocycles. The van der Waals surface area contributed by atoms with Gasteiger partial charge in [0.15, 0.2) is 0 Å². The van der Waals surface area contributed by atoms with E-state index in [1.165, 1.54) is 12.8 Å². The summed E-state index contributed by atoms with van der Waals surface area (Å²) in [5, 5.41) is 2.91. The van der Waals surface area contributed by atoms with Crippen molar-refractivity contribution in [3.8, 4) is 5.88 Å². The maximum Gasteiger partial charge on any atom is 0.270 e. The van der Waals surface area contributed by atoms with Crippen LogP contribution in [0.1, 0.15) is 74.3 Å². The third-order valence-corrected chi connectivity index (χ3v) is 4.83. The molecule has 2 amide bonds. The lowest BCUT2D eigenvalue weighted by Gasteiger charge is -2.19.